The molecular formula is C7H9BrNO2+. The first-order valence-corrected chi connectivity index (χ1v) is 3.87. The van der Waals surface area contributed by atoms with Crippen molar-refractivity contribution in [1.82, 2.24) is 0 Å². The van der Waals surface area contributed by atoms with Crippen molar-refractivity contribution in [2.75, 3.05) is 7.11 Å². The largest absolute Gasteiger partial charge is 0.508 e. The predicted octanol–water partition coefficient (Wildman–Crippen LogP) is 0.911. The van der Waals surface area contributed by atoms with Crippen molar-refractivity contribution in [2.24, 2.45) is 0 Å². The molecule has 0 atom stereocenters. The van der Waals surface area contributed by atoms with Gasteiger partial charge in [-0.1, -0.05) is 15.9 Å². The summed E-state index contributed by atoms with van der Waals surface area (Å²) in [5.41, 5.74) is 2.39. The summed E-state index contributed by atoms with van der Waals surface area (Å²) in [5.74, 6) is 0.225. The summed E-state index contributed by atoms with van der Waals surface area (Å²) in [6.45, 7) is 0. The van der Waals surface area contributed by atoms with Gasteiger partial charge in [0.05, 0.1) is 7.11 Å². The fraction of sp³-hybridized carbons (Fsp3) is 0.143. The van der Waals surface area contributed by atoms with E-state index < -0.39 is 0 Å². The Morgan fingerprint density at radius 1 is 1.45 bits per heavy atom. The second kappa shape index (κ2) is 3.71. The van der Waals surface area contributed by atoms with Gasteiger partial charge in [-0.25, -0.2) is 4.84 Å². The van der Waals surface area contributed by atoms with Gasteiger partial charge in [0.15, 0.2) is 5.69 Å². The fourth-order valence-electron chi connectivity index (χ4n) is 0.800. The zero-order valence-electron chi connectivity index (χ0n) is 6.04. The van der Waals surface area contributed by atoms with Crippen molar-refractivity contribution in [3.8, 4) is 5.75 Å². The maximum atomic E-state index is 9.11. The third-order valence-corrected chi connectivity index (χ3v) is 1.62. The normalized spacial score (nSPS) is 10.0. The summed E-state index contributed by atoms with van der Waals surface area (Å²) in [7, 11) is 1.57. The second-order valence-corrected chi connectivity index (χ2v) is 3.01. The van der Waals surface area contributed by atoms with E-state index in [0.29, 0.717) is 0 Å². The highest BCUT2D eigenvalue weighted by Crippen LogP contribution is 2.20. The first-order valence-electron chi connectivity index (χ1n) is 3.08. The monoisotopic (exact) mass is 218 g/mol. The van der Waals surface area contributed by atoms with Crippen LogP contribution in [0.3, 0.4) is 0 Å². The molecule has 0 heterocycles. The van der Waals surface area contributed by atoms with Crippen molar-refractivity contribution in [3.63, 3.8) is 0 Å². The van der Waals surface area contributed by atoms with Gasteiger partial charge in [-0.3, -0.25) is 0 Å². The van der Waals surface area contributed by atoms with Crippen LogP contribution in [0.25, 0.3) is 0 Å². The third-order valence-electron chi connectivity index (χ3n) is 1.16. The molecule has 0 saturated heterocycles. The minimum absolute atomic E-state index is 0.225. The number of aromatic hydroxyl groups is 1. The standard InChI is InChI=1S/C7H8BrNO2/c1-11-9-6-2-5(8)3-7(10)4-6/h2-4,9-10H,1H3/p+1. The molecule has 1 aromatic carbocycles. The molecule has 1 rings (SSSR count). The Labute approximate surface area is 73.1 Å². The molecule has 0 bridgehead atoms. The highest BCUT2D eigenvalue weighted by molar-refractivity contribution is 9.10. The van der Waals surface area contributed by atoms with Crippen molar-refractivity contribution in [2.45, 2.75) is 0 Å². The molecule has 60 valence electrons. The van der Waals surface area contributed by atoms with Gasteiger partial charge in [-0.15, -0.1) is 0 Å². The fourth-order valence-corrected chi connectivity index (χ4v) is 1.30. The van der Waals surface area contributed by atoms with Crippen LogP contribution in [0.5, 0.6) is 5.75 Å². The van der Waals surface area contributed by atoms with Crippen LogP contribution >= 0.6 is 15.9 Å². The van der Waals surface area contributed by atoms with Crippen LogP contribution in [0.2, 0.25) is 0 Å². The summed E-state index contributed by atoms with van der Waals surface area (Å²) in [6, 6.07) is 5.09. The molecule has 4 heteroatoms. The highest BCUT2D eigenvalue weighted by atomic mass is 79.9. The van der Waals surface area contributed by atoms with E-state index in [2.05, 4.69) is 15.9 Å². The number of rotatable bonds is 2. The Morgan fingerprint density at radius 2 is 2.18 bits per heavy atom. The van der Waals surface area contributed by atoms with Crippen molar-refractivity contribution in [3.05, 3.63) is 22.7 Å². The van der Waals surface area contributed by atoms with Crippen LogP contribution < -0.4 is 5.48 Å². The third kappa shape index (κ3) is 2.49. The number of hydrogen-bond donors (Lipinski definition) is 2. The number of halogens is 1. The van der Waals surface area contributed by atoms with Gasteiger partial charge in [0.25, 0.3) is 0 Å². The Bertz CT molecular complexity index is 232. The summed E-state index contributed by atoms with van der Waals surface area (Å²) in [5, 5.41) is 9.11. The van der Waals surface area contributed by atoms with Crippen molar-refractivity contribution < 1.29 is 15.4 Å². The van der Waals surface area contributed by atoms with Crippen molar-refractivity contribution >= 4 is 21.6 Å². The minimum atomic E-state index is 0.225. The van der Waals surface area contributed by atoms with Gasteiger partial charge in [0.2, 0.25) is 0 Å². The Hall–Kier alpha value is -0.580. The molecule has 0 spiro atoms. The number of benzene rings is 1. The topological polar surface area (TPSA) is 46.1 Å². The average molecular weight is 219 g/mol. The first kappa shape index (κ1) is 8.52. The van der Waals surface area contributed by atoms with Crippen LogP contribution in [-0.4, -0.2) is 12.2 Å². The molecule has 0 radical (unpaired) electrons. The van der Waals surface area contributed by atoms with E-state index in [1.807, 2.05) is 6.07 Å². The Morgan fingerprint density at radius 3 is 2.73 bits per heavy atom. The van der Waals surface area contributed by atoms with E-state index in [0.717, 1.165) is 10.2 Å². The molecule has 0 saturated carbocycles. The molecule has 0 aromatic heterocycles. The maximum Gasteiger partial charge on any atom is 0.166 e. The number of quaternary nitrogens is 1. The predicted molar refractivity (Wildman–Crippen MR) is 44.4 cm³/mol. The van der Waals surface area contributed by atoms with Crippen LogP contribution in [0.1, 0.15) is 0 Å². The van der Waals surface area contributed by atoms with Gasteiger partial charge in [-0.05, 0) is 6.07 Å². The lowest BCUT2D eigenvalue weighted by Crippen LogP contribution is -2.75. The smallest absolute Gasteiger partial charge is 0.166 e. The minimum Gasteiger partial charge on any atom is -0.508 e. The summed E-state index contributed by atoms with van der Waals surface area (Å²) < 4.78 is 0.834. The Kier molecular flexibility index (Phi) is 2.87. The average Bonchev–Trinajstić information content (AvgIpc) is 1.85. The second-order valence-electron chi connectivity index (χ2n) is 2.10. The summed E-state index contributed by atoms with van der Waals surface area (Å²) >= 11 is 3.25. The van der Waals surface area contributed by atoms with Gasteiger partial charge in [-0.2, -0.15) is 5.48 Å². The van der Waals surface area contributed by atoms with E-state index in [1.54, 1.807) is 24.7 Å². The summed E-state index contributed by atoms with van der Waals surface area (Å²) in [6.07, 6.45) is 0. The number of phenols is 1. The maximum absolute atomic E-state index is 9.11. The van der Waals surface area contributed by atoms with E-state index in [4.69, 9.17) is 9.94 Å². The van der Waals surface area contributed by atoms with E-state index in [-0.39, 0.29) is 5.75 Å². The number of phenolic OH excluding ortho intramolecular Hbond substituents is 1. The molecule has 1 aromatic rings. The van der Waals surface area contributed by atoms with E-state index in [1.165, 1.54) is 0 Å². The molecular weight excluding hydrogens is 210 g/mol. The Balaban J connectivity index is 2.89. The first-order chi connectivity index (χ1) is 5.22. The van der Waals surface area contributed by atoms with E-state index >= 15 is 0 Å². The molecule has 3 N–H and O–H groups in total. The molecule has 0 amide bonds. The van der Waals surface area contributed by atoms with Gasteiger partial charge in [0, 0.05) is 16.6 Å². The highest BCUT2D eigenvalue weighted by Gasteiger charge is 2.00. The quantitative estimate of drug-likeness (QED) is 0.573. The van der Waals surface area contributed by atoms with Crippen LogP contribution in [0, 0.1) is 0 Å². The lowest BCUT2D eigenvalue weighted by atomic mass is 10.3. The molecule has 0 aliphatic heterocycles. The number of nitrogens with two attached hydrogens (primary N) is 1. The zero-order valence-corrected chi connectivity index (χ0v) is 7.63. The molecule has 11 heavy (non-hydrogen) atoms. The van der Waals surface area contributed by atoms with E-state index in [9.17, 15) is 0 Å². The lowest BCUT2D eigenvalue weighted by Gasteiger charge is -1.97. The lowest BCUT2D eigenvalue weighted by molar-refractivity contribution is -0.830. The molecule has 3 nitrogen and oxygen atoms in total. The van der Waals surface area contributed by atoms with Crippen molar-refractivity contribution in [1.29, 1.82) is 0 Å². The molecule has 0 aliphatic carbocycles. The van der Waals surface area contributed by atoms with Gasteiger partial charge in [0.1, 0.15) is 5.75 Å². The number of hydrogen-bond acceptors (Lipinski definition) is 2. The van der Waals surface area contributed by atoms with Crippen LogP contribution in [0.15, 0.2) is 22.7 Å². The van der Waals surface area contributed by atoms with Gasteiger partial charge >= 0.3 is 0 Å². The van der Waals surface area contributed by atoms with Gasteiger partial charge < -0.3 is 5.11 Å². The van der Waals surface area contributed by atoms with Crippen LogP contribution in [-0.2, 0) is 4.84 Å². The zero-order chi connectivity index (χ0) is 8.27. The summed E-state index contributed by atoms with van der Waals surface area (Å²) in [4.78, 5) is 4.78. The van der Waals surface area contributed by atoms with Crippen LogP contribution in [0.4, 0.5) is 5.69 Å². The molecule has 0 fully saturated rings. The molecule has 0 unspecified atom stereocenters. The SMILES string of the molecule is CO[NH2+]c1cc(O)cc(Br)c1. The molecule has 0 aliphatic rings.